The molecule has 4 heterocycles. The molecule has 0 radical (unpaired) electrons. The van der Waals surface area contributed by atoms with Gasteiger partial charge in [-0.05, 0) is 76.9 Å². The van der Waals surface area contributed by atoms with Gasteiger partial charge < -0.3 is 18.0 Å². The number of rotatable bonds is 6. The van der Waals surface area contributed by atoms with Gasteiger partial charge in [-0.1, -0.05) is 188 Å². The van der Waals surface area contributed by atoms with E-state index in [4.69, 9.17) is 8.83 Å². The number of hydrogen-bond acceptors (Lipinski definition) is 2. The summed E-state index contributed by atoms with van der Waals surface area (Å²) in [6.45, 7) is 0. The Bertz CT molecular complexity index is 4300. The molecule has 0 atom stereocenters. The van der Waals surface area contributed by atoms with Crippen LogP contribution in [0, 0.1) is 0 Å². The lowest BCUT2D eigenvalue weighted by Crippen LogP contribution is -1.98. The summed E-state index contributed by atoms with van der Waals surface area (Å²) < 4.78 is 18.6. The van der Waals surface area contributed by atoms with Gasteiger partial charge in [-0.25, -0.2) is 0 Å². The van der Waals surface area contributed by atoms with Crippen molar-refractivity contribution >= 4 is 87.5 Å². The van der Waals surface area contributed by atoms with Crippen LogP contribution in [0.5, 0.6) is 0 Å². The van der Waals surface area contributed by atoms with Crippen LogP contribution >= 0.6 is 0 Å². The Labute approximate surface area is 402 Å². The molecule has 0 N–H and O–H groups in total. The second kappa shape index (κ2) is 15.1. The summed E-state index contributed by atoms with van der Waals surface area (Å²) in [5.74, 6) is 0. The fourth-order valence-corrected chi connectivity index (χ4v) is 11.4. The maximum atomic E-state index is 6.87. The molecule has 4 aromatic heterocycles. The van der Waals surface area contributed by atoms with Crippen LogP contribution in [0.4, 0.5) is 0 Å². The average Bonchev–Trinajstić information content (AvgIpc) is 4.19. The van der Waals surface area contributed by atoms with Crippen molar-refractivity contribution in [2.75, 3.05) is 0 Å². The van der Waals surface area contributed by atoms with E-state index >= 15 is 0 Å². The third-order valence-corrected chi connectivity index (χ3v) is 14.5. The second-order valence-electron chi connectivity index (χ2n) is 18.4. The minimum absolute atomic E-state index is 0.902. The zero-order valence-electron chi connectivity index (χ0n) is 37.8. The summed E-state index contributed by atoms with van der Waals surface area (Å²) in [4.78, 5) is 0. The molecule has 326 valence electrons. The lowest BCUT2D eigenvalue weighted by Gasteiger charge is -2.13. The van der Waals surface area contributed by atoms with Crippen molar-refractivity contribution in [1.82, 2.24) is 9.13 Å². The second-order valence-corrected chi connectivity index (χ2v) is 18.4. The Morgan fingerprint density at radius 2 is 0.543 bits per heavy atom. The predicted molar refractivity (Wildman–Crippen MR) is 291 cm³/mol. The SMILES string of the molecule is c1ccc(-c2cccc3c2oc2c(-c4ccc5c(c4)c4ccccc4n5-c4cccc(-n5c6ccccc6c6cc(-c7cccc8c7oc7c(-c9ccccc9)cccc78)ccc65)c4)cccc23)cc1. The van der Waals surface area contributed by atoms with Crippen molar-refractivity contribution in [1.29, 1.82) is 0 Å². The van der Waals surface area contributed by atoms with E-state index in [-0.39, 0.29) is 0 Å². The van der Waals surface area contributed by atoms with E-state index in [9.17, 15) is 0 Å². The van der Waals surface area contributed by atoms with E-state index in [2.05, 4.69) is 252 Å². The molecule has 0 aliphatic rings. The first-order chi connectivity index (χ1) is 34.7. The molecule has 15 rings (SSSR count). The molecule has 0 fully saturated rings. The van der Waals surface area contributed by atoms with Gasteiger partial charge in [0.15, 0.2) is 0 Å². The van der Waals surface area contributed by atoms with E-state index in [1.54, 1.807) is 0 Å². The maximum Gasteiger partial charge on any atom is 0.143 e. The van der Waals surface area contributed by atoms with Crippen molar-refractivity contribution in [3.8, 4) is 55.9 Å². The van der Waals surface area contributed by atoms with Crippen LogP contribution in [-0.4, -0.2) is 9.13 Å². The van der Waals surface area contributed by atoms with E-state index in [1.165, 1.54) is 21.5 Å². The van der Waals surface area contributed by atoms with E-state index < -0.39 is 0 Å². The largest absolute Gasteiger partial charge is 0.455 e. The number of aromatic nitrogens is 2. The standard InChI is InChI=1S/C66H40N2O2/c1-3-16-41(17-4-1)47-24-12-28-53-55-30-14-26-49(65(55)69-63(47)53)43-34-36-61-57(38-43)51-22-7-9-32-59(51)67(61)45-20-11-21-46(40-45)68-60-33-10-8-23-52(60)58-39-44(35-37-62(58)68)50-27-15-31-56-54-29-13-25-48(64(54)70-66(50)56)42-18-5-2-6-19-42/h1-40H. The monoisotopic (exact) mass is 892 g/mol. The van der Waals surface area contributed by atoms with Crippen molar-refractivity contribution in [2.45, 2.75) is 0 Å². The minimum atomic E-state index is 0.902. The molecule has 15 aromatic rings. The van der Waals surface area contributed by atoms with Crippen LogP contribution < -0.4 is 0 Å². The number of furan rings is 2. The highest BCUT2D eigenvalue weighted by molar-refractivity contribution is 6.17. The first kappa shape index (κ1) is 38.7. The number of para-hydroxylation sites is 6. The molecule has 0 amide bonds. The Morgan fingerprint density at radius 1 is 0.214 bits per heavy atom. The zero-order valence-corrected chi connectivity index (χ0v) is 37.8. The van der Waals surface area contributed by atoms with Gasteiger partial charge in [0.05, 0.1) is 22.1 Å². The number of fused-ring (bicyclic) bond motifs is 12. The van der Waals surface area contributed by atoms with Crippen LogP contribution in [0.3, 0.4) is 0 Å². The highest BCUT2D eigenvalue weighted by Gasteiger charge is 2.21. The summed E-state index contributed by atoms with van der Waals surface area (Å²) in [5.41, 5.74) is 19.3. The molecule has 0 aliphatic carbocycles. The van der Waals surface area contributed by atoms with E-state index in [0.29, 0.717) is 0 Å². The zero-order chi connectivity index (χ0) is 45.9. The number of hydrogen-bond donors (Lipinski definition) is 0. The Morgan fingerprint density at radius 3 is 0.957 bits per heavy atom. The molecule has 0 unspecified atom stereocenters. The summed E-state index contributed by atoms with van der Waals surface area (Å²) in [6.07, 6.45) is 0. The van der Waals surface area contributed by atoms with Gasteiger partial charge in [0, 0.05) is 76.7 Å². The highest BCUT2D eigenvalue weighted by Crippen LogP contribution is 2.44. The third-order valence-electron chi connectivity index (χ3n) is 14.5. The lowest BCUT2D eigenvalue weighted by molar-refractivity contribution is 0.670. The van der Waals surface area contributed by atoms with Crippen LogP contribution in [0.2, 0.25) is 0 Å². The summed E-state index contributed by atoms with van der Waals surface area (Å²) in [5, 5.41) is 9.27. The van der Waals surface area contributed by atoms with E-state index in [0.717, 1.165) is 122 Å². The first-order valence-corrected chi connectivity index (χ1v) is 23.9. The Balaban J connectivity index is 0.859. The summed E-state index contributed by atoms with van der Waals surface area (Å²) in [7, 11) is 0. The fourth-order valence-electron chi connectivity index (χ4n) is 11.4. The molecule has 0 spiro atoms. The topological polar surface area (TPSA) is 36.1 Å². The van der Waals surface area contributed by atoms with Crippen LogP contribution in [0.1, 0.15) is 0 Å². The van der Waals surface area contributed by atoms with Gasteiger partial charge >= 0.3 is 0 Å². The molecular formula is C66H40N2O2. The quantitative estimate of drug-likeness (QED) is 0.167. The molecule has 11 aromatic carbocycles. The van der Waals surface area contributed by atoms with Gasteiger partial charge in [-0.15, -0.1) is 0 Å². The van der Waals surface area contributed by atoms with Gasteiger partial charge in [0.1, 0.15) is 22.3 Å². The van der Waals surface area contributed by atoms with Crippen molar-refractivity contribution in [2.24, 2.45) is 0 Å². The Hall–Kier alpha value is -9.38. The summed E-state index contributed by atoms with van der Waals surface area (Å²) >= 11 is 0. The van der Waals surface area contributed by atoms with Gasteiger partial charge in [0.25, 0.3) is 0 Å². The van der Waals surface area contributed by atoms with Gasteiger partial charge in [-0.2, -0.15) is 0 Å². The molecule has 0 aliphatic heterocycles. The van der Waals surface area contributed by atoms with Crippen molar-refractivity contribution in [3.05, 3.63) is 243 Å². The molecule has 0 saturated heterocycles. The maximum absolute atomic E-state index is 6.87. The smallest absolute Gasteiger partial charge is 0.143 e. The molecule has 0 saturated carbocycles. The normalized spacial score (nSPS) is 12.0. The van der Waals surface area contributed by atoms with E-state index in [1.807, 2.05) is 0 Å². The van der Waals surface area contributed by atoms with Gasteiger partial charge in [0.2, 0.25) is 0 Å². The lowest BCUT2D eigenvalue weighted by atomic mass is 9.99. The van der Waals surface area contributed by atoms with Gasteiger partial charge in [-0.3, -0.25) is 0 Å². The Kier molecular flexibility index (Phi) is 8.33. The number of benzene rings is 11. The fraction of sp³-hybridized carbons (Fsp3) is 0. The molecule has 0 bridgehead atoms. The van der Waals surface area contributed by atoms with Crippen LogP contribution in [0.25, 0.3) is 143 Å². The average molecular weight is 893 g/mol. The van der Waals surface area contributed by atoms with Crippen molar-refractivity contribution in [3.63, 3.8) is 0 Å². The first-order valence-electron chi connectivity index (χ1n) is 23.9. The number of nitrogens with zero attached hydrogens (tertiary/aromatic N) is 2. The predicted octanol–water partition coefficient (Wildman–Crippen LogP) is 18.3. The minimum Gasteiger partial charge on any atom is -0.455 e. The highest BCUT2D eigenvalue weighted by atomic mass is 16.3. The summed E-state index contributed by atoms with van der Waals surface area (Å²) in [6, 6.07) is 87.2. The van der Waals surface area contributed by atoms with Crippen molar-refractivity contribution < 1.29 is 8.83 Å². The molecular weight excluding hydrogens is 853 g/mol. The van der Waals surface area contributed by atoms with Crippen LogP contribution in [-0.2, 0) is 0 Å². The van der Waals surface area contributed by atoms with Crippen LogP contribution in [0.15, 0.2) is 251 Å². The molecule has 4 nitrogen and oxygen atoms in total. The molecule has 70 heavy (non-hydrogen) atoms. The molecule has 4 heteroatoms. The third kappa shape index (κ3) is 5.71.